The molecule has 0 N–H and O–H groups in total. The number of nitrogens with zero attached hydrogens (tertiary/aromatic N) is 2. The highest BCUT2D eigenvalue weighted by Crippen LogP contribution is 2.16. The van der Waals surface area contributed by atoms with Gasteiger partial charge in [-0.05, 0) is 28.5 Å². The summed E-state index contributed by atoms with van der Waals surface area (Å²) in [5.74, 6) is 0.354. The minimum Gasteiger partial charge on any atom is -0.331 e. The fourth-order valence-electron chi connectivity index (χ4n) is 2.16. The Bertz CT molecular complexity index is 799. The molecule has 1 aromatic heterocycles. The predicted molar refractivity (Wildman–Crippen MR) is 80.5 cm³/mol. The van der Waals surface area contributed by atoms with E-state index in [1.807, 2.05) is 31.3 Å². The second-order valence-electron chi connectivity index (χ2n) is 4.67. The van der Waals surface area contributed by atoms with Gasteiger partial charge in [-0.25, -0.2) is 4.98 Å². The highest BCUT2D eigenvalue weighted by Gasteiger charge is 2.06. The fourth-order valence-corrected chi connectivity index (χ4v) is 2.16. The number of allylic oxidation sites excluding steroid dienone is 1. The van der Waals surface area contributed by atoms with Gasteiger partial charge >= 0.3 is 0 Å². The van der Waals surface area contributed by atoms with Gasteiger partial charge in [0.25, 0.3) is 0 Å². The molecule has 0 spiro atoms. The SMILES string of the molecule is Cn1ccnc1C(=O)/C=C/c1ccc2ccccc2c1. The number of benzene rings is 2. The first kappa shape index (κ1) is 12.4. The number of ketones is 1. The molecule has 3 heteroatoms. The van der Waals surface area contributed by atoms with E-state index in [2.05, 4.69) is 29.2 Å². The van der Waals surface area contributed by atoms with E-state index in [4.69, 9.17) is 0 Å². The first-order valence-electron chi connectivity index (χ1n) is 6.42. The Balaban J connectivity index is 1.87. The van der Waals surface area contributed by atoms with Crippen LogP contribution >= 0.6 is 0 Å². The van der Waals surface area contributed by atoms with Gasteiger partial charge in [0.15, 0.2) is 5.82 Å². The molecule has 0 radical (unpaired) electrons. The summed E-state index contributed by atoms with van der Waals surface area (Å²) in [6.45, 7) is 0. The molecule has 0 unspecified atom stereocenters. The third-order valence-electron chi connectivity index (χ3n) is 3.24. The zero-order chi connectivity index (χ0) is 13.9. The van der Waals surface area contributed by atoms with Gasteiger partial charge < -0.3 is 4.57 Å². The van der Waals surface area contributed by atoms with Gasteiger partial charge in [0.05, 0.1) is 0 Å². The maximum atomic E-state index is 12.0. The molecule has 0 aliphatic rings. The Morgan fingerprint density at radius 1 is 1.15 bits per heavy atom. The Morgan fingerprint density at radius 3 is 2.70 bits per heavy atom. The molecule has 0 fully saturated rings. The molecule has 2 aromatic carbocycles. The summed E-state index contributed by atoms with van der Waals surface area (Å²) in [6, 6.07) is 14.3. The monoisotopic (exact) mass is 262 g/mol. The molecule has 0 aliphatic carbocycles. The van der Waals surface area contributed by atoms with Crippen molar-refractivity contribution in [2.45, 2.75) is 0 Å². The van der Waals surface area contributed by atoms with Crippen LogP contribution in [0.1, 0.15) is 16.2 Å². The number of aromatic nitrogens is 2. The van der Waals surface area contributed by atoms with Crippen LogP contribution in [0.15, 0.2) is 60.9 Å². The van der Waals surface area contributed by atoms with Crippen LogP contribution in [0.25, 0.3) is 16.8 Å². The predicted octanol–water partition coefficient (Wildman–Crippen LogP) is 3.47. The summed E-state index contributed by atoms with van der Waals surface area (Å²) in [7, 11) is 1.81. The van der Waals surface area contributed by atoms with E-state index in [0.29, 0.717) is 5.82 Å². The summed E-state index contributed by atoms with van der Waals surface area (Å²) in [5, 5.41) is 2.36. The number of carbonyl (C=O) groups excluding carboxylic acids is 1. The van der Waals surface area contributed by atoms with Gasteiger partial charge in [0, 0.05) is 19.4 Å². The van der Waals surface area contributed by atoms with Crippen LogP contribution in [-0.2, 0) is 7.05 Å². The smallest absolute Gasteiger partial charge is 0.221 e. The average Bonchev–Trinajstić information content (AvgIpc) is 2.91. The van der Waals surface area contributed by atoms with Crippen LogP contribution in [-0.4, -0.2) is 15.3 Å². The first-order valence-corrected chi connectivity index (χ1v) is 6.42. The van der Waals surface area contributed by atoms with Crippen LogP contribution in [0, 0.1) is 0 Å². The van der Waals surface area contributed by atoms with Crippen molar-refractivity contribution >= 4 is 22.6 Å². The standard InChI is InChI=1S/C17H14N2O/c1-19-11-10-18-17(19)16(20)9-7-13-6-8-14-4-2-3-5-15(14)12-13/h2-12H,1H3/b9-7+. The molecule has 0 amide bonds. The third kappa shape index (κ3) is 2.38. The molecule has 0 saturated heterocycles. The lowest BCUT2D eigenvalue weighted by molar-refractivity contribution is 0.103. The zero-order valence-corrected chi connectivity index (χ0v) is 11.2. The summed E-state index contributed by atoms with van der Waals surface area (Å²) in [5.41, 5.74) is 1.01. The molecular formula is C17H14N2O. The number of aryl methyl sites for hydroxylation is 1. The summed E-state index contributed by atoms with van der Waals surface area (Å²) in [4.78, 5) is 16.0. The number of imidazole rings is 1. The molecule has 3 rings (SSSR count). The second kappa shape index (κ2) is 5.13. The molecule has 0 bridgehead atoms. The molecule has 1 heterocycles. The van der Waals surface area contributed by atoms with Crippen molar-refractivity contribution in [1.82, 2.24) is 9.55 Å². The minimum atomic E-state index is -0.0920. The quantitative estimate of drug-likeness (QED) is 0.535. The van der Waals surface area contributed by atoms with Gasteiger partial charge in [-0.15, -0.1) is 0 Å². The molecular weight excluding hydrogens is 248 g/mol. The van der Waals surface area contributed by atoms with Crippen LogP contribution in [0.3, 0.4) is 0 Å². The van der Waals surface area contributed by atoms with Crippen molar-refractivity contribution in [2.75, 3.05) is 0 Å². The highest BCUT2D eigenvalue weighted by atomic mass is 16.1. The average molecular weight is 262 g/mol. The molecule has 0 aliphatic heterocycles. The zero-order valence-electron chi connectivity index (χ0n) is 11.2. The topological polar surface area (TPSA) is 34.9 Å². The van der Waals surface area contributed by atoms with Crippen molar-refractivity contribution in [3.8, 4) is 0 Å². The summed E-state index contributed by atoms with van der Waals surface area (Å²) in [6.07, 6.45) is 6.77. The van der Waals surface area contributed by atoms with Gasteiger partial charge in [0.2, 0.25) is 5.78 Å². The molecule has 98 valence electrons. The maximum Gasteiger partial charge on any atom is 0.221 e. The largest absolute Gasteiger partial charge is 0.331 e. The number of fused-ring (bicyclic) bond motifs is 1. The van der Waals surface area contributed by atoms with Crippen molar-refractivity contribution in [3.05, 3.63) is 72.3 Å². The van der Waals surface area contributed by atoms with Crippen molar-refractivity contribution in [2.24, 2.45) is 7.05 Å². The first-order chi connectivity index (χ1) is 9.74. The van der Waals surface area contributed by atoms with Crippen molar-refractivity contribution in [1.29, 1.82) is 0 Å². The fraction of sp³-hybridized carbons (Fsp3) is 0.0588. The second-order valence-corrected chi connectivity index (χ2v) is 4.67. The lowest BCUT2D eigenvalue weighted by Crippen LogP contribution is -2.03. The van der Waals surface area contributed by atoms with E-state index in [1.165, 1.54) is 10.8 Å². The maximum absolute atomic E-state index is 12.0. The van der Waals surface area contributed by atoms with E-state index in [0.717, 1.165) is 5.56 Å². The molecule has 0 saturated carbocycles. The third-order valence-corrected chi connectivity index (χ3v) is 3.24. The van der Waals surface area contributed by atoms with Crippen molar-refractivity contribution in [3.63, 3.8) is 0 Å². The van der Waals surface area contributed by atoms with E-state index >= 15 is 0 Å². The van der Waals surface area contributed by atoms with Gasteiger partial charge in [0.1, 0.15) is 0 Å². The van der Waals surface area contributed by atoms with Gasteiger partial charge in [-0.3, -0.25) is 4.79 Å². The molecule has 20 heavy (non-hydrogen) atoms. The number of hydrogen-bond acceptors (Lipinski definition) is 2. The summed E-state index contributed by atoms with van der Waals surface area (Å²) >= 11 is 0. The van der Waals surface area contributed by atoms with Gasteiger partial charge in [-0.1, -0.05) is 42.5 Å². The number of carbonyl (C=O) groups is 1. The van der Waals surface area contributed by atoms with E-state index in [1.54, 1.807) is 23.0 Å². The Morgan fingerprint density at radius 2 is 1.95 bits per heavy atom. The van der Waals surface area contributed by atoms with E-state index < -0.39 is 0 Å². The normalized spacial score (nSPS) is 11.2. The van der Waals surface area contributed by atoms with E-state index in [9.17, 15) is 4.79 Å². The van der Waals surface area contributed by atoms with E-state index in [-0.39, 0.29) is 5.78 Å². The minimum absolute atomic E-state index is 0.0920. The van der Waals surface area contributed by atoms with Gasteiger partial charge in [-0.2, -0.15) is 0 Å². The Labute approximate surface area is 117 Å². The van der Waals surface area contributed by atoms with Crippen LogP contribution < -0.4 is 0 Å². The molecule has 3 nitrogen and oxygen atoms in total. The number of rotatable bonds is 3. The lowest BCUT2D eigenvalue weighted by atomic mass is 10.1. The Hall–Kier alpha value is -2.68. The van der Waals surface area contributed by atoms with Crippen LogP contribution in [0.2, 0.25) is 0 Å². The number of hydrogen-bond donors (Lipinski definition) is 0. The molecule has 0 atom stereocenters. The highest BCUT2D eigenvalue weighted by molar-refractivity contribution is 6.04. The summed E-state index contributed by atoms with van der Waals surface area (Å²) < 4.78 is 1.72. The lowest BCUT2D eigenvalue weighted by Gasteiger charge is -1.99. The van der Waals surface area contributed by atoms with Crippen LogP contribution in [0.5, 0.6) is 0 Å². The van der Waals surface area contributed by atoms with Crippen molar-refractivity contribution < 1.29 is 4.79 Å². The Kier molecular flexibility index (Phi) is 3.17. The van der Waals surface area contributed by atoms with Crippen LogP contribution in [0.4, 0.5) is 0 Å². The molecule has 3 aromatic rings.